The Balaban J connectivity index is 2.19. The number of nitrogens with two attached hydrogens (primary N) is 1. The van der Waals surface area contributed by atoms with Gasteiger partial charge in [0.05, 0.1) is 39.6 Å². The van der Waals surface area contributed by atoms with E-state index >= 15 is 0 Å². The van der Waals surface area contributed by atoms with Gasteiger partial charge in [0.15, 0.2) is 17.7 Å². The average Bonchev–Trinajstić information content (AvgIpc) is 3.08. The molecule has 2 aliphatic rings. The normalized spacial score (nSPS) is 26.8. The molecule has 4 atom stereocenters. The molecular formula is C18H24N4O5. The number of nitrogens with one attached hydrogen (secondary N) is 2. The third kappa shape index (κ3) is 3.12. The molecule has 1 aromatic carbocycles. The van der Waals surface area contributed by atoms with Crippen LogP contribution >= 0.6 is 0 Å². The Morgan fingerprint density at radius 1 is 1.11 bits per heavy atom. The van der Waals surface area contributed by atoms with Crippen LogP contribution in [0.2, 0.25) is 0 Å². The fourth-order valence-electron chi connectivity index (χ4n) is 3.84. The molecule has 0 bridgehead atoms. The zero-order chi connectivity index (χ0) is 19.6. The molecule has 2 aliphatic heterocycles. The summed E-state index contributed by atoms with van der Waals surface area (Å²) in [4.78, 5) is 0. The molecule has 2 heterocycles. The fourth-order valence-corrected chi connectivity index (χ4v) is 3.84. The van der Waals surface area contributed by atoms with E-state index in [2.05, 4.69) is 16.9 Å². The smallest absolute Gasteiger partial charge is 0.203 e. The van der Waals surface area contributed by atoms with Crippen molar-refractivity contribution in [2.45, 2.75) is 18.2 Å². The number of rotatable bonds is 6. The number of nitrogens with zero attached hydrogens (tertiary/aromatic N) is 1. The summed E-state index contributed by atoms with van der Waals surface area (Å²) in [6.07, 6.45) is -0.412. The average molecular weight is 376 g/mol. The van der Waals surface area contributed by atoms with E-state index < -0.39 is 6.23 Å². The molecule has 146 valence electrons. The maximum Gasteiger partial charge on any atom is 0.203 e. The first kappa shape index (κ1) is 19.1. The first-order valence-electron chi connectivity index (χ1n) is 8.46. The second-order valence-electron chi connectivity index (χ2n) is 6.26. The third-order valence-corrected chi connectivity index (χ3v) is 4.98. The van der Waals surface area contributed by atoms with Gasteiger partial charge in [-0.2, -0.15) is 5.26 Å². The van der Waals surface area contributed by atoms with Gasteiger partial charge in [0.2, 0.25) is 11.6 Å². The number of hydrogen-bond acceptors (Lipinski definition) is 9. The minimum atomic E-state index is -0.412. The second kappa shape index (κ2) is 7.92. The van der Waals surface area contributed by atoms with Crippen LogP contribution in [0, 0.1) is 17.2 Å². The topological polar surface area (TPSA) is 120 Å². The Hall–Kier alpha value is -2.67. The van der Waals surface area contributed by atoms with Crippen molar-refractivity contribution in [3.8, 4) is 23.3 Å². The maximum absolute atomic E-state index is 9.78. The SMILES string of the molecule is COCC1NNC2OC(N)=C(C#N)C(c3ccc(OC)c(OC)c3OC)C12. The molecular weight excluding hydrogens is 352 g/mol. The molecule has 0 aromatic heterocycles. The number of methoxy groups -OCH3 is 4. The Labute approximate surface area is 157 Å². The maximum atomic E-state index is 9.78. The van der Waals surface area contributed by atoms with Gasteiger partial charge < -0.3 is 29.4 Å². The molecule has 0 saturated carbocycles. The Morgan fingerprint density at radius 3 is 2.44 bits per heavy atom. The molecule has 3 rings (SSSR count). The van der Waals surface area contributed by atoms with E-state index in [1.807, 2.05) is 6.07 Å². The van der Waals surface area contributed by atoms with E-state index in [9.17, 15) is 5.26 Å². The standard InChI is InChI=1S/C18H24N4O5/c1-23-8-11-14-13(10(7-19)17(20)27-18(14)22-21-11)9-5-6-12(24-2)16(26-4)15(9)25-3/h5-6,11,13-14,18,21-22H,8,20H2,1-4H3. The predicted molar refractivity (Wildman–Crippen MR) is 96.0 cm³/mol. The Bertz CT molecular complexity index is 776. The Kier molecular flexibility index (Phi) is 5.60. The van der Waals surface area contributed by atoms with Crippen LogP contribution < -0.4 is 30.8 Å². The molecule has 1 aromatic rings. The number of benzene rings is 1. The largest absolute Gasteiger partial charge is 0.493 e. The van der Waals surface area contributed by atoms with E-state index in [1.54, 1.807) is 34.5 Å². The lowest BCUT2D eigenvalue weighted by Gasteiger charge is -2.36. The molecule has 0 amide bonds. The summed E-state index contributed by atoms with van der Waals surface area (Å²) in [7, 11) is 6.27. The number of nitriles is 1. The Morgan fingerprint density at radius 2 is 1.85 bits per heavy atom. The van der Waals surface area contributed by atoms with Crippen LogP contribution in [0.3, 0.4) is 0 Å². The lowest BCUT2D eigenvalue weighted by molar-refractivity contribution is 0.0275. The third-order valence-electron chi connectivity index (χ3n) is 4.98. The molecule has 27 heavy (non-hydrogen) atoms. The molecule has 0 radical (unpaired) electrons. The highest BCUT2D eigenvalue weighted by Crippen LogP contribution is 2.50. The van der Waals surface area contributed by atoms with E-state index in [4.69, 9.17) is 29.4 Å². The summed E-state index contributed by atoms with van der Waals surface area (Å²) in [5, 5.41) is 9.78. The second-order valence-corrected chi connectivity index (χ2v) is 6.26. The monoisotopic (exact) mass is 376 g/mol. The minimum Gasteiger partial charge on any atom is -0.493 e. The van der Waals surface area contributed by atoms with Crippen molar-refractivity contribution in [1.82, 2.24) is 10.9 Å². The molecule has 9 heteroatoms. The van der Waals surface area contributed by atoms with Gasteiger partial charge >= 0.3 is 0 Å². The van der Waals surface area contributed by atoms with Crippen molar-refractivity contribution in [3.05, 3.63) is 29.2 Å². The fraction of sp³-hybridized carbons (Fsp3) is 0.500. The van der Waals surface area contributed by atoms with Crippen LogP contribution in [0.5, 0.6) is 17.2 Å². The van der Waals surface area contributed by atoms with Crippen molar-refractivity contribution >= 4 is 0 Å². The lowest BCUT2D eigenvalue weighted by Crippen LogP contribution is -2.42. The van der Waals surface area contributed by atoms with Crippen molar-refractivity contribution < 1.29 is 23.7 Å². The zero-order valence-electron chi connectivity index (χ0n) is 15.7. The molecule has 1 saturated heterocycles. The van der Waals surface area contributed by atoms with Gasteiger partial charge in [-0.05, 0) is 6.07 Å². The van der Waals surface area contributed by atoms with Crippen molar-refractivity contribution in [2.75, 3.05) is 35.0 Å². The number of ether oxygens (including phenoxy) is 5. The summed E-state index contributed by atoms with van der Waals surface area (Å²) < 4.78 is 27.6. The predicted octanol–water partition coefficient (Wildman–Crippen LogP) is 0.585. The first-order valence-corrected chi connectivity index (χ1v) is 8.46. The van der Waals surface area contributed by atoms with E-state index in [0.29, 0.717) is 29.4 Å². The summed E-state index contributed by atoms with van der Waals surface area (Å²) in [5.74, 6) is 1.04. The van der Waals surface area contributed by atoms with Gasteiger partial charge in [-0.1, -0.05) is 6.07 Å². The molecule has 4 unspecified atom stereocenters. The van der Waals surface area contributed by atoms with Crippen LogP contribution in [0.1, 0.15) is 11.5 Å². The summed E-state index contributed by atoms with van der Waals surface area (Å²) in [5.41, 5.74) is 13.4. The highest BCUT2D eigenvalue weighted by atomic mass is 16.5. The van der Waals surface area contributed by atoms with Gasteiger partial charge in [0, 0.05) is 24.5 Å². The van der Waals surface area contributed by atoms with Crippen molar-refractivity contribution in [3.63, 3.8) is 0 Å². The van der Waals surface area contributed by atoms with Gasteiger partial charge in [-0.3, -0.25) is 0 Å². The summed E-state index contributed by atoms with van der Waals surface area (Å²) >= 11 is 0. The number of allylic oxidation sites excluding steroid dienone is 1. The van der Waals surface area contributed by atoms with Crippen LogP contribution in [-0.2, 0) is 9.47 Å². The number of hydrazine groups is 1. The molecule has 0 aliphatic carbocycles. The quantitative estimate of drug-likeness (QED) is 0.655. The first-order chi connectivity index (χ1) is 13.1. The van der Waals surface area contributed by atoms with Crippen LogP contribution in [0.15, 0.2) is 23.6 Å². The van der Waals surface area contributed by atoms with E-state index in [-0.39, 0.29) is 23.8 Å². The highest BCUT2D eigenvalue weighted by Gasteiger charge is 2.49. The van der Waals surface area contributed by atoms with Gasteiger partial charge in [-0.25, -0.2) is 10.9 Å². The lowest BCUT2D eigenvalue weighted by atomic mass is 9.75. The van der Waals surface area contributed by atoms with Crippen LogP contribution in [0.4, 0.5) is 0 Å². The minimum absolute atomic E-state index is 0.0907. The van der Waals surface area contributed by atoms with Gasteiger partial charge in [0.1, 0.15) is 6.07 Å². The summed E-state index contributed by atoms with van der Waals surface area (Å²) in [6, 6.07) is 5.75. The van der Waals surface area contributed by atoms with Crippen molar-refractivity contribution in [1.29, 1.82) is 5.26 Å². The zero-order valence-corrected chi connectivity index (χ0v) is 15.7. The highest BCUT2D eigenvalue weighted by molar-refractivity contribution is 5.59. The molecule has 0 spiro atoms. The number of hydrogen-bond donors (Lipinski definition) is 3. The molecule has 9 nitrogen and oxygen atoms in total. The van der Waals surface area contributed by atoms with Gasteiger partial charge in [0.25, 0.3) is 0 Å². The van der Waals surface area contributed by atoms with Crippen LogP contribution in [-0.4, -0.2) is 47.3 Å². The summed E-state index contributed by atoms with van der Waals surface area (Å²) in [6.45, 7) is 0.433. The molecule has 4 N–H and O–H groups in total. The number of fused-ring (bicyclic) bond motifs is 1. The molecule has 1 fully saturated rings. The van der Waals surface area contributed by atoms with E-state index in [0.717, 1.165) is 5.56 Å². The van der Waals surface area contributed by atoms with Gasteiger partial charge in [-0.15, -0.1) is 0 Å². The van der Waals surface area contributed by atoms with E-state index in [1.165, 1.54) is 0 Å². The van der Waals surface area contributed by atoms with Crippen molar-refractivity contribution in [2.24, 2.45) is 11.7 Å². The van der Waals surface area contributed by atoms with Crippen LogP contribution in [0.25, 0.3) is 0 Å².